The monoisotopic (exact) mass is 264 g/mol. The number of unbranched alkanes of at least 4 members (excludes halogenated alkanes) is 3. The lowest BCUT2D eigenvalue weighted by molar-refractivity contribution is 0.504. The van der Waals surface area contributed by atoms with Crippen LogP contribution in [0.1, 0.15) is 79.1 Å². The first-order valence-corrected chi connectivity index (χ1v) is 8.18. The Morgan fingerprint density at radius 2 is 1.63 bits per heavy atom. The quantitative estimate of drug-likeness (QED) is 0.423. The highest BCUT2D eigenvalue weighted by Crippen LogP contribution is 2.26. The Bertz CT molecular complexity index is 290. The summed E-state index contributed by atoms with van der Waals surface area (Å²) in [4.78, 5) is 0. The van der Waals surface area contributed by atoms with Crippen LogP contribution in [0.2, 0.25) is 0 Å². The molecule has 0 amide bonds. The molecule has 0 aromatic heterocycles. The second-order valence-electron chi connectivity index (χ2n) is 6.77. The van der Waals surface area contributed by atoms with E-state index in [9.17, 15) is 0 Å². The van der Waals surface area contributed by atoms with Gasteiger partial charge in [0.25, 0.3) is 0 Å². The third kappa shape index (κ3) is 7.49. The Balaban J connectivity index is 2.08. The van der Waals surface area contributed by atoms with Gasteiger partial charge in [-0.15, -0.1) is 0 Å². The average molecular weight is 264 g/mol. The lowest BCUT2D eigenvalue weighted by Crippen LogP contribution is -2.07. The largest absolute Gasteiger partial charge is 0.181 e. The number of rotatable bonds is 10. The highest BCUT2D eigenvalue weighted by molar-refractivity contribution is 5.13. The van der Waals surface area contributed by atoms with E-state index in [4.69, 9.17) is 0 Å². The molecule has 0 saturated heterocycles. The van der Waals surface area contributed by atoms with Gasteiger partial charge in [-0.25, -0.2) is 0 Å². The molecule has 0 aromatic carbocycles. The maximum absolute atomic E-state index is 4.36. The summed E-state index contributed by atoms with van der Waals surface area (Å²) in [5, 5.41) is 8.49. The summed E-state index contributed by atoms with van der Waals surface area (Å²) in [5.74, 6) is 1.63. The Hall–Kier alpha value is -0.660. The summed E-state index contributed by atoms with van der Waals surface area (Å²) in [6, 6.07) is 0.401. The Labute approximate surface area is 119 Å². The molecule has 0 aliphatic carbocycles. The van der Waals surface area contributed by atoms with E-state index in [1.807, 2.05) is 6.20 Å². The summed E-state index contributed by atoms with van der Waals surface area (Å²) in [6.45, 7) is 9.19. The number of azo groups is 1. The van der Waals surface area contributed by atoms with Crippen LogP contribution >= 0.6 is 0 Å². The van der Waals surface area contributed by atoms with Crippen LogP contribution < -0.4 is 0 Å². The molecule has 19 heavy (non-hydrogen) atoms. The molecule has 1 rings (SSSR count). The van der Waals surface area contributed by atoms with E-state index >= 15 is 0 Å². The van der Waals surface area contributed by atoms with Gasteiger partial charge in [0.1, 0.15) is 0 Å². The lowest BCUT2D eigenvalue weighted by Gasteiger charge is -2.12. The van der Waals surface area contributed by atoms with Crippen molar-refractivity contribution in [2.75, 3.05) is 0 Å². The first-order chi connectivity index (χ1) is 9.09. The van der Waals surface area contributed by atoms with Gasteiger partial charge in [-0.2, -0.15) is 10.2 Å². The van der Waals surface area contributed by atoms with E-state index in [0.29, 0.717) is 6.04 Å². The van der Waals surface area contributed by atoms with Gasteiger partial charge >= 0.3 is 0 Å². The Kier molecular flexibility index (Phi) is 8.00. The molecule has 0 saturated carbocycles. The van der Waals surface area contributed by atoms with Gasteiger partial charge in [-0.3, -0.25) is 0 Å². The van der Waals surface area contributed by atoms with Crippen molar-refractivity contribution in [1.29, 1.82) is 0 Å². The molecule has 0 aromatic rings. The fourth-order valence-corrected chi connectivity index (χ4v) is 2.55. The zero-order chi connectivity index (χ0) is 14.1. The van der Waals surface area contributed by atoms with E-state index < -0.39 is 0 Å². The van der Waals surface area contributed by atoms with Gasteiger partial charge in [0, 0.05) is 0 Å². The zero-order valence-corrected chi connectivity index (χ0v) is 13.4. The molecule has 0 fully saturated rings. The molecule has 1 aliphatic rings. The van der Waals surface area contributed by atoms with E-state index in [1.54, 1.807) is 0 Å². The van der Waals surface area contributed by atoms with Crippen molar-refractivity contribution in [3.63, 3.8) is 0 Å². The first-order valence-electron chi connectivity index (χ1n) is 8.18. The molecule has 1 unspecified atom stereocenters. The van der Waals surface area contributed by atoms with Gasteiger partial charge < -0.3 is 0 Å². The molecule has 0 bridgehead atoms. The van der Waals surface area contributed by atoms with Crippen LogP contribution in [0, 0.1) is 11.8 Å². The predicted octanol–water partition coefficient (Wildman–Crippen LogP) is 6.14. The number of hydrogen-bond acceptors (Lipinski definition) is 2. The second-order valence-corrected chi connectivity index (χ2v) is 6.77. The summed E-state index contributed by atoms with van der Waals surface area (Å²) in [6.07, 6.45) is 12.5. The second kappa shape index (κ2) is 9.28. The van der Waals surface area contributed by atoms with Gasteiger partial charge in [0.15, 0.2) is 0 Å². The van der Waals surface area contributed by atoms with Crippen LogP contribution in [-0.2, 0) is 0 Å². The van der Waals surface area contributed by atoms with Crippen molar-refractivity contribution in [2.24, 2.45) is 22.1 Å². The van der Waals surface area contributed by atoms with Gasteiger partial charge in [-0.1, -0.05) is 53.4 Å². The van der Waals surface area contributed by atoms with E-state index in [0.717, 1.165) is 11.8 Å². The molecule has 1 heterocycles. The van der Waals surface area contributed by atoms with E-state index in [-0.39, 0.29) is 0 Å². The van der Waals surface area contributed by atoms with Gasteiger partial charge in [0.2, 0.25) is 0 Å². The van der Waals surface area contributed by atoms with Crippen molar-refractivity contribution in [3.05, 3.63) is 11.8 Å². The van der Waals surface area contributed by atoms with Crippen LogP contribution in [0.3, 0.4) is 0 Å². The van der Waals surface area contributed by atoms with Crippen LogP contribution in [-0.4, -0.2) is 6.04 Å². The SMILES string of the molecule is CC(C)CCCCCCC1=CN=NC1CCC(C)C. The first kappa shape index (κ1) is 16.4. The molecule has 2 nitrogen and oxygen atoms in total. The molecular formula is C17H32N2. The highest BCUT2D eigenvalue weighted by atomic mass is 15.1. The van der Waals surface area contributed by atoms with Crippen LogP contribution in [0.15, 0.2) is 22.0 Å². The van der Waals surface area contributed by atoms with Gasteiger partial charge in [-0.05, 0) is 43.1 Å². The fourth-order valence-electron chi connectivity index (χ4n) is 2.55. The van der Waals surface area contributed by atoms with Crippen molar-refractivity contribution in [2.45, 2.75) is 85.1 Å². The molecule has 2 heteroatoms. The minimum absolute atomic E-state index is 0.401. The molecule has 0 N–H and O–H groups in total. The maximum Gasteiger partial charge on any atom is 0.0940 e. The predicted molar refractivity (Wildman–Crippen MR) is 83.3 cm³/mol. The zero-order valence-electron chi connectivity index (χ0n) is 13.4. The third-order valence-corrected chi connectivity index (χ3v) is 3.87. The number of nitrogens with zero attached hydrogens (tertiary/aromatic N) is 2. The van der Waals surface area contributed by atoms with Crippen LogP contribution in [0.4, 0.5) is 0 Å². The van der Waals surface area contributed by atoms with Crippen molar-refractivity contribution >= 4 is 0 Å². The molecule has 1 aliphatic heterocycles. The lowest BCUT2D eigenvalue weighted by atomic mass is 9.95. The topological polar surface area (TPSA) is 24.7 Å². The van der Waals surface area contributed by atoms with Crippen molar-refractivity contribution < 1.29 is 0 Å². The maximum atomic E-state index is 4.36. The summed E-state index contributed by atoms with van der Waals surface area (Å²) < 4.78 is 0. The fraction of sp³-hybridized carbons (Fsp3) is 0.882. The third-order valence-electron chi connectivity index (χ3n) is 3.87. The average Bonchev–Trinajstić information content (AvgIpc) is 2.78. The van der Waals surface area contributed by atoms with Crippen molar-refractivity contribution in [3.8, 4) is 0 Å². The van der Waals surface area contributed by atoms with Crippen LogP contribution in [0.5, 0.6) is 0 Å². The van der Waals surface area contributed by atoms with Crippen molar-refractivity contribution in [1.82, 2.24) is 0 Å². The molecule has 0 radical (unpaired) electrons. The molecule has 110 valence electrons. The highest BCUT2D eigenvalue weighted by Gasteiger charge is 2.17. The minimum Gasteiger partial charge on any atom is -0.181 e. The van der Waals surface area contributed by atoms with Crippen LogP contribution in [0.25, 0.3) is 0 Å². The normalized spacial score (nSPS) is 18.6. The molecule has 0 spiro atoms. The summed E-state index contributed by atoms with van der Waals surface area (Å²) in [7, 11) is 0. The van der Waals surface area contributed by atoms with E-state index in [2.05, 4.69) is 37.9 Å². The summed E-state index contributed by atoms with van der Waals surface area (Å²) in [5.41, 5.74) is 1.48. The standard InChI is InChI=1S/C17H32N2/c1-14(2)9-7-5-6-8-10-16-13-18-19-17(16)12-11-15(3)4/h13-15,17H,5-12H2,1-4H3. The van der Waals surface area contributed by atoms with Gasteiger partial charge in [0.05, 0.1) is 12.2 Å². The Morgan fingerprint density at radius 1 is 0.947 bits per heavy atom. The smallest absolute Gasteiger partial charge is 0.0940 e. The minimum atomic E-state index is 0.401. The van der Waals surface area contributed by atoms with E-state index in [1.165, 1.54) is 56.9 Å². The number of hydrogen-bond donors (Lipinski definition) is 0. The molecule has 1 atom stereocenters. The molecular weight excluding hydrogens is 232 g/mol. The summed E-state index contributed by atoms with van der Waals surface area (Å²) >= 11 is 0. The Morgan fingerprint density at radius 3 is 2.32 bits per heavy atom.